The van der Waals surface area contributed by atoms with Crippen molar-refractivity contribution in [2.75, 3.05) is 4.90 Å². The van der Waals surface area contributed by atoms with E-state index in [9.17, 15) is 0 Å². The van der Waals surface area contributed by atoms with Crippen molar-refractivity contribution in [3.63, 3.8) is 0 Å². The maximum atomic E-state index is 2.43. The van der Waals surface area contributed by atoms with Crippen molar-refractivity contribution in [2.45, 2.75) is 19.3 Å². The molecule has 0 N–H and O–H groups in total. The number of benzene rings is 8. The molecule has 9 rings (SSSR count). The highest BCUT2D eigenvalue weighted by Crippen LogP contribution is 2.51. The summed E-state index contributed by atoms with van der Waals surface area (Å²) >= 11 is 0. The van der Waals surface area contributed by atoms with Gasteiger partial charge in [-0.25, -0.2) is 0 Å². The maximum Gasteiger partial charge on any atom is 0.0540 e. The monoisotopic (exact) mass is 665 g/mol. The van der Waals surface area contributed by atoms with Gasteiger partial charge < -0.3 is 4.90 Å². The van der Waals surface area contributed by atoms with Crippen LogP contribution in [-0.4, -0.2) is 0 Å². The van der Waals surface area contributed by atoms with Gasteiger partial charge in [0.15, 0.2) is 0 Å². The number of hydrogen-bond acceptors (Lipinski definition) is 1. The molecule has 52 heavy (non-hydrogen) atoms. The summed E-state index contributed by atoms with van der Waals surface area (Å²) in [7, 11) is 0. The molecule has 1 aliphatic carbocycles. The molecular formula is C51H39N. The maximum absolute atomic E-state index is 2.43. The Morgan fingerprint density at radius 2 is 0.712 bits per heavy atom. The number of anilines is 3. The van der Waals surface area contributed by atoms with Gasteiger partial charge in [0.1, 0.15) is 0 Å². The first-order valence-electron chi connectivity index (χ1n) is 18.1. The lowest BCUT2D eigenvalue weighted by Crippen LogP contribution is -2.16. The van der Waals surface area contributed by atoms with Gasteiger partial charge in [0.2, 0.25) is 0 Å². The van der Waals surface area contributed by atoms with Crippen molar-refractivity contribution in [3.8, 4) is 55.6 Å². The molecule has 0 saturated heterocycles. The lowest BCUT2D eigenvalue weighted by atomic mass is 9.82. The summed E-state index contributed by atoms with van der Waals surface area (Å²) in [5.41, 5.74) is 18.4. The third-order valence-corrected chi connectivity index (χ3v) is 10.7. The highest BCUT2D eigenvalue weighted by atomic mass is 15.1. The number of nitrogens with zero attached hydrogens (tertiary/aromatic N) is 1. The summed E-state index contributed by atoms with van der Waals surface area (Å²) in [5, 5.41) is 0. The molecule has 0 fully saturated rings. The molecule has 0 unspecified atom stereocenters. The van der Waals surface area contributed by atoms with Crippen molar-refractivity contribution in [2.24, 2.45) is 0 Å². The van der Waals surface area contributed by atoms with E-state index in [1.165, 1.54) is 66.8 Å². The molecular weight excluding hydrogens is 627 g/mol. The molecule has 8 aromatic rings. The van der Waals surface area contributed by atoms with Crippen molar-refractivity contribution >= 4 is 17.1 Å². The Bertz CT molecular complexity index is 2490. The van der Waals surface area contributed by atoms with Crippen LogP contribution in [-0.2, 0) is 5.41 Å². The number of rotatable bonds is 7. The van der Waals surface area contributed by atoms with E-state index in [1.54, 1.807) is 0 Å². The molecule has 0 saturated carbocycles. The zero-order valence-corrected chi connectivity index (χ0v) is 29.5. The van der Waals surface area contributed by atoms with Crippen molar-refractivity contribution in [3.05, 3.63) is 211 Å². The van der Waals surface area contributed by atoms with Gasteiger partial charge in [0, 0.05) is 22.4 Å². The average molecular weight is 666 g/mol. The molecule has 248 valence electrons. The summed E-state index contributed by atoms with van der Waals surface area (Å²) in [4.78, 5) is 2.43. The van der Waals surface area contributed by atoms with Crippen LogP contribution in [0.3, 0.4) is 0 Å². The normalized spacial score (nSPS) is 12.6. The Balaban J connectivity index is 1.14. The quantitative estimate of drug-likeness (QED) is 0.164. The van der Waals surface area contributed by atoms with Gasteiger partial charge in [-0.2, -0.15) is 0 Å². The Morgan fingerprint density at radius 3 is 1.29 bits per heavy atom. The predicted molar refractivity (Wildman–Crippen MR) is 220 cm³/mol. The van der Waals surface area contributed by atoms with Crippen LogP contribution in [0.1, 0.15) is 25.0 Å². The van der Waals surface area contributed by atoms with E-state index in [1.807, 2.05) is 0 Å². The second-order valence-electron chi connectivity index (χ2n) is 14.2. The minimum absolute atomic E-state index is 0.101. The second-order valence-corrected chi connectivity index (χ2v) is 14.2. The predicted octanol–water partition coefficient (Wildman–Crippen LogP) is 14.1. The average Bonchev–Trinajstić information content (AvgIpc) is 3.45. The molecule has 1 heteroatoms. The summed E-state index contributed by atoms with van der Waals surface area (Å²) in [6.07, 6.45) is 0. The van der Waals surface area contributed by atoms with Crippen LogP contribution in [0.25, 0.3) is 55.6 Å². The molecule has 8 aromatic carbocycles. The first-order chi connectivity index (χ1) is 25.5. The molecule has 0 bridgehead atoms. The Labute approximate surface area is 307 Å². The Morgan fingerprint density at radius 1 is 0.308 bits per heavy atom. The van der Waals surface area contributed by atoms with Crippen LogP contribution < -0.4 is 4.90 Å². The summed E-state index contributed by atoms with van der Waals surface area (Å²) in [5.74, 6) is 0. The van der Waals surface area contributed by atoms with Crippen LogP contribution in [0, 0.1) is 0 Å². The lowest BCUT2D eigenvalue weighted by molar-refractivity contribution is 0.660. The number of para-hydroxylation sites is 1. The van der Waals surface area contributed by atoms with Gasteiger partial charge in [0.25, 0.3) is 0 Å². The zero-order valence-electron chi connectivity index (χ0n) is 29.5. The van der Waals surface area contributed by atoms with Crippen molar-refractivity contribution < 1.29 is 0 Å². The summed E-state index contributed by atoms with van der Waals surface area (Å²) < 4.78 is 0. The minimum atomic E-state index is -0.101. The molecule has 0 spiro atoms. The standard InChI is InChI=1S/C51H39N/c1-51(2)48-19-11-9-18-46(48)47-34-33-44(35-49(47)51)52(43-31-29-41(30-32-43)40-23-21-38(22-24-40)36-13-5-3-6-14-36)50-20-12-10-17-45(50)42-27-25-39(26-28-42)37-15-7-4-8-16-37/h3-35H,1-2H3. The molecule has 0 radical (unpaired) electrons. The summed E-state index contributed by atoms with van der Waals surface area (Å²) in [6, 6.07) is 72.7. The fourth-order valence-corrected chi connectivity index (χ4v) is 7.93. The van der Waals surface area contributed by atoms with Gasteiger partial charge >= 0.3 is 0 Å². The third kappa shape index (κ3) is 5.61. The van der Waals surface area contributed by atoms with E-state index in [0.29, 0.717) is 0 Å². The molecule has 0 heterocycles. The molecule has 0 atom stereocenters. The topological polar surface area (TPSA) is 3.24 Å². The van der Waals surface area contributed by atoms with Crippen LogP contribution in [0.5, 0.6) is 0 Å². The zero-order chi connectivity index (χ0) is 35.1. The van der Waals surface area contributed by atoms with Gasteiger partial charge in [-0.3, -0.25) is 0 Å². The molecule has 0 amide bonds. The van der Waals surface area contributed by atoms with Crippen molar-refractivity contribution in [1.82, 2.24) is 0 Å². The largest absolute Gasteiger partial charge is 0.310 e. The smallest absolute Gasteiger partial charge is 0.0540 e. The highest BCUT2D eigenvalue weighted by molar-refractivity contribution is 5.91. The van der Waals surface area contributed by atoms with Gasteiger partial charge in [-0.15, -0.1) is 0 Å². The highest BCUT2D eigenvalue weighted by Gasteiger charge is 2.35. The van der Waals surface area contributed by atoms with E-state index in [4.69, 9.17) is 0 Å². The Kier molecular flexibility index (Phi) is 7.90. The SMILES string of the molecule is CC1(C)c2ccccc2-c2ccc(N(c3ccc(-c4ccc(-c5ccccc5)cc4)cc3)c3ccccc3-c3ccc(-c4ccccc4)cc3)cc21. The fraction of sp³-hybridized carbons (Fsp3) is 0.0588. The lowest BCUT2D eigenvalue weighted by Gasteiger charge is -2.30. The molecule has 0 aliphatic heterocycles. The van der Waals surface area contributed by atoms with E-state index in [0.717, 1.165) is 17.1 Å². The van der Waals surface area contributed by atoms with Crippen LogP contribution >= 0.6 is 0 Å². The van der Waals surface area contributed by atoms with Crippen molar-refractivity contribution in [1.29, 1.82) is 0 Å². The molecule has 0 aromatic heterocycles. The number of hydrogen-bond donors (Lipinski definition) is 0. The van der Waals surface area contributed by atoms with Crippen LogP contribution in [0.2, 0.25) is 0 Å². The van der Waals surface area contributed by atoms with Crippen LogP contribution in [0.15, 0.2) is 200 Å². The van der Waals surface area contributed by atoms with E-state index in [-0.39, 0.29) is 5.41 Å². The third-order valence-electron chi connectivity index (χ3n) is 10.7. The number of fused-ring (bicyclic) bond motifs is 3. The van der Waals surface area contributed by atoms with E-state index >= 15 is 0 Å². The summed E-state index contributed by atoms with van der Waals surface area (Å²) in [6.45, 7) is 4.71. The first kappa shape index (κ1) is 31.5. The first-order valence-corrected chi connectivity index (χ1v) is 18.1. The molecule has 1 aliphatic rings. The van der Waals surface area contributed by atoms with E-state index < -0.39 is 0 Å². The Hall–Kier alpha value is -6.44. The van der Waals surface area contributed by atoms with E-state index in [2.05, 4.69) is 219 Å². The second kappa shape index (κ2) is 13.0. The fourth-order valence-electron chi connectivity index (χ4n) is 7.93. The van der Waals surface area contributed by atoms with Gasteiger partial charge in [-0.1, -0.05) is 184 Å². The van der Waals surface area contributed by atoms with Gasteiger partial charge in [-0.05, 0) is 91.5 Å². The molecule has 1 nitrogen and oxygen atoms in total. The minimum Gasteiger partial charge on any atom is -0.310 e. The van der Waals surface area contributed by atoms with Crippen LogP contribution in [0.4, 0.5) is 17.1 Å². The van der Waals surface area contributed by atoms with Gasteiger partial charge in [0.05, 0.1) is 5.69 Å².